The van der Waals surface area contributed by atoms with Gasteiger partial charge in [0.1, 0.15) is 0 Å². The molecule has 0 spiro atoms. The third-order valence-corrected chi connectivity index (χ3v) is 4.62. The van der Waals surface area contributed by atoms with E-state index in [9.17, 15) is 9.59 Å². The highest BCUT2D eigenvalue weighted by atomic mass is 16.3. The van der Waals surface area contributed by atoms with Crippen LogP contribution < -0.4 is 0 Å². The molecule has 1 aromatic heterocycles. The zero-order chi connectivity index (χ0) is 17.6. The van der Waals surface area contributed by atoms with Gasteiger partial charge in [-0.3, -0.25) is 9.59 Å². The predicted octanol–water partition coefficient (Wildman–Crippen LogP) is 2.90. The van der Waals surface area contributed by atoms with Gasteiger partial charge in [-0.2, -0.15) is 0 Å². The maximum Gasteiger partial charge on any atom is 0.289 e. The fraction of sp³-hybridized carbons (Fsp3) is 0.400. The number of amides is 2. The Morgan fingerprint density at radius 3 is 2.44 bits per heavy atom. The van der Waals surface area contributed by atoms with Crippen LogP contribution in [0.25, 0.3) is 0 Å². The molecule has 0 unspecified atom stereocenters. The summed E-state index contributed by atoms with van der Waals surface area (Å²) in [5.41, 5.74) is 2.41. The van der Waals surface area contributed by atoms with Crippen molar-refractivity contribution in [2.75, 3.05) is 26.2 Å². The summed E-state index contributed by atoms with van der Waals surface area (Å²) in [5, 5.41) is 0. The van der Waals surface area contributed by atoms with Crippen molar-refractivity contribution in [1.29, 1.82) is 0 Å². The van der Waals surface area contributed by atoms with Crippen LogP contribution >= 0.6 is 0 Å². The Kier molecular flexibility index (Phi) is 5.53. The molecule has 5 heteroatoms. The summed E-state index contributed by atoms with van der Waals surface area (Å²) in [6, 6.07) is 11.7. The van der Waals surface area contributed by atoms with Gasteiger partial charge in [0.15, 0.2) is 5.76 Å². The summed E-state index contributed by atoms with van der Waals surface area (Å²) in [4.78, 5) is 28.5. The molecule has 0 saturated carbocycles. The first kappa shape index (κ1) is 17.3. The topological polar surface area (TPSA) is 53.8 Å². The van der Waals surface area contributed by atoms with Crippen LogP contribution in [0.2, 0.25) is 0 Å². The third-order valence-electron chi connectivity index (χ3n) is 4.62. The van der Waals surface area contributed by atoms with Crippen molar-refractivity contribution < 1.29 is 14.0 Å². The molecule has 2 aromatic rings. The average Bonchev–Trinajstić information content (AvgIpc) is 3.05. The Morgan fingerprint density at radius 1 is 1.00 bits per heavy atom. The van der Waals surface area contributed by atoms with Gasteiger partial charge in [-0.1, -0.05) is 29.8 Å². The molecule has 132 valence electrons. The molecular weight excluding hydrogens is 316 g/mol. The number of nitrogens with zero attached hydrogens (tertiary/aromatic N) is 2. The lowest BCUT2D eigenvalue weighted by Gasteiger charge is -2.21. The number of carbonyl (C=O) groups excluding carboxylic acids is 2. The zero-order valence-electron chi connectivity index (χ0n) is 14.6. The lowest BCUT2D eigenvalue weighted by Crippen LogP contribution is -2.37. The van der Waals surface area contributed by atoms with Gasteiger partial charge in [-0.15, -0.1) is 0 Å². The Labute approximate surface area is 148 Å². The van der Waals surface area contributed by atoms with Crippen molar-refractivity contribution >= 4 is 11.8 Å². The molecule has 5 nitrogen and oxygen atoms in total. The van der Waals surface area contributed by atoms with Gasteiger partial charge in [-0.05, 0) is 37.5 Å². The van der Waals surface area contributed by atoms with Crippen LogP contribution in [0.15, 0.2) is 47.1 Å². The van der Waals surface area contributed by atoms with Crippen molar-refractivity contribution in [2.24, 2.45) is 0 Å². The molecule has 2 heterocycles. The minimum absolute atomic E-state index is 0.0982. The lowest BCUT2D eigenvalue weighted by atomic mass is 10.1. The van der Waals surface area contributed by atoms with E-state index >= 15 is 0 Å². The molecule has 0 bridgehead atoms. The molecule has 0 N–H and O–H groups in total. The normalized spacial score (nSPS) is 15.1. The summed E-state index contributed by atoms with van der Waals surface area (Å²) in [7, 11) is 0. The van der Waals surface area contributed by atoms with E-state index in [1.165, 1.54) is 17.4 Å². The SMILES string of the molecule is Cc1ccc(CCC(=O)N2CCCN(C(=O)c3ccco3)CC2)cc1. The van der Waals surface area contributed by atoms with Gasteiger partial charge in [0.2, 0.25) is 5.91 Å². The second-order valence-electron chi connectivity index (χ2n) is 6.49. The van der Waals surface area contributed by atoms with Crippen LogP contribution in [0, 0.1) is 6.92 Å². The van der Waals surface area contributed by atoms with Gasteiger partial charge < -0.3 is 14.2 Å². The standard InChI is InChI=1S/C20H24N2O3/c1-16-5-7-17(8-6-16)9-10-19(23)21-11-3-12-22(14-13-21)20(24)18-4-2-15-25-18/h2,4-8,15H,3,9-14H2,1H3. The molecule has 0 aliphatic carbocycles. The summed E-state index contributed by atoms with van der Waals surface area (Å²) in [5.74, 6) is 0.422. The molecule has 1 fully saturated rings. The molecular formula is C20H24N2O3. The highest BCUT2D eigenvalue weighted by Gasteiger charge is 2.23. The van der Waals surface area contributed by atoms with E-state index in [0.717, 1.165) is 12.8 Å². The minimum Gasteiger partial charge on any atom is -0.459 e. The second-order valence-corrected chi connectivity index (χ2v) is 6.49. The number of benzene rings is 1. The summed E-state index contributed by atoms with van der Waals surface area (Å²) >= 11 is 0. The molecule has 1 aliphatic rings. The van der Waals surface area contributed by atoms with E-state index in [-0.39, 0.29) is 11.8 Å². The van der Waals surface area contributed by atoms with Crippen molar-refractivity contribution in [1.82, 2.24) is 9.80 Å². The number of hydrogen-bond acceptors (Lipinski definition) is 3. The fourth-order valence-electron chi connectivity index (χ4n) is 3.09. The number of furan rings is 1. The van der Waals surface area contributed by atoms with Gasteiger partial charge in [-0.25, -0.2) is 0 Å². The Hall–Kier alpha value is -2.56. The molecule has 25 heavy (non-hydrogen) atoms. The van der Waals surface area contributed by atoms with Crippen LogP contribution in [-0.4, -0.2) is 47.8 Å². The summed E-state index contributed by atoms with van der Waals surface area (Å²) in [6.07, 6.45) is 3.56. The molecule has 2 amide bonds. The fourth-order valence-corrected chi connectivity index (χ4v) is 3.09. The summed E-state index contributed by atoms with van der Waals surface area (Å²) < 4.78 is 5.19. The number of aryl methyl sites for hydroxylation is 2. The Bertz CT molecular complexity index is 707. The first-order valence-corrected chi connectivity index (χ1v) is 8.79. The van der Waals surface area contributed by atoms with Gasteiger partial charge in [0.05, 0.1) is 6.26 Å². The predicted molar refractivity (Wildman–Crippen MR) is 95.3 cm³/mol. The molecule has 3 rings (SSSR count). The van der Waals surface area contributed by atoms with Gasteiger partial charge in [0.25, 0.3) is 5.91 Å². The lowest BCUT2D eigenvalue weighted by molar-refractivity contribution is -0.131. The van der Waals surface area contributed by atoms with E-state index in [1.807, 2.05) is 4.90 Å². The highest BCUT2D eigenvalue weighted by molar-refractivity contribution is 5.91. The van der Waals surface area contributed by atoms with Crippen molar-refractivity contribution in [3.05, 3.63) is 59.5 Å². The van der Waals surface area contributed by atoms with Crippen molar-refractivity contribution in [3.63, 3.8) is 0 Å². The van der Waals surface area contributed by atoms with Gasteiger partial charge >= 0.3 is 0 Å². The van der Waals surface area contributed by atoms with E-state index in [4.69, 9.17) is 4.42 Å². The number of carbonyl (C=O) groups is 2. The minimum atomic E-state index is -0.0982. The van der Waals surface area contributed by atoms with Crippen LogP contribution in [0.4, 0.5) is 0 Å². The number of hydrogen-bond donors (Lipinski definition) is 0. The van der Waals surface area contributed by atoms with Crippen LogP contribution in [-0.2, 0) is 11.2 Å². The Balaban J connectivity index is 1.51. The van der Waals surface area contributed by atoms with Gasteiger partial charge in [0, 0.05) is 32.6 Å². The first-order valence-electron chi connectivity index (χ1n) is 8.79. The Morgan fingerprint density at radius 2 is 1.72 bits per heavy atom. The summed E-state index contributed by atoms with van der Waals surface area (Å²) in [6.45, 7) is 4.55. The molecule has 0 radical (unpaired) electrons. The van der Waals surface area contributed by atoms with E-state index in [2.05, 4.69) is 31.2 Å². The smallest absolute Gasteiger partial charge is 0.289 e. The van der Waals surface area contributed by atoms with E-state index in [0.29, 0.717) is 38.4 Å². The van der Waals surface area contributed by atoms with Crippen molar-refractivity contribution in [2.45, 2.75) is 26.2 Å². The van der Waals surface area contributed by atoms with Crippen molar-refractivity contribution in [3.8, 4) is 0 Å². The average molecular weight is 340 g/mol. The van der Waals surface area contributed by atoms with Crippen LogP contribution in [0.1, 0.15) is 34.5 Å². The maximum atomic E-state index is 12.5. The quantitative estimate of drug-likeness (QED) is 0.860. The largest absolute Gasteiger partial charge is 0.459 e. The van der Waals surface area contributed by atoms with Crippen LogP contribution in [0.5, 0.6) is 0 Å². The zero-order valence-corrected chi connectivity index (χ0v) is 14.6. The first-order chi connectivity index (χ1) is 12.1. The molecule has 1 aliphatic heterocycles. The third kappa shape index (κ3) is 4.50. The van der Waals surface area contributed by atoms with Crippen LogP contribution in [0.3, 0.4) is 0 Å². The monoisotopic (exact) mass is 340 g/mol. The number of rotatable bonds is 4. The molecule has 0 atom stereocenters. The van der Waals surface area contributed by atoms with E-state index < -0.39 is 0 Å². The highest BCUT2D eigenvalue weighted by Crippen LogP contribution is 2.12. The molecule has 1 saturated heterocycles. The van der Waals surface area contributed by atoms with E-state index in [1.54, 1.807) is 17.0 Å². The molecule has 1 aromatic carbocycles. The maximum absolute atomic E-state index is 12.5. The second kappa shape index (κ2) is 8.01.